The lowest BCUT2D eigenvalue weighted by Gasteiger charge is -2.23. The first-order valence-electron chi connectivity index (χ1n) is 10.1. The third kappa shape index (κ3) is 3.92. The topological polar surface area (TPSA) is 122 Å². The third-order valence-corrected chi connectivity index (χ3v) is 5.53. The molecule has 3 amide bonds. The molecule has 0 spiro atoms. The van der Waals surface area contributed by atoms with Crippen LogP contribution in [0.15, 0.2) is 48.8 Å². The van der Waals surface area contributed by atoms with Crippen LogP contribution in [-0.4, -0.2) is 61.4 Å². The normalized spacial score (nSPS) is 19.2. The smallest absolute Gasteiger partial charge is 0.325 e. The SMILES string of the molecule is Cc1cccc(C)c1OC[C@@H](O)CN1C(=O)N[C@@](C)(c2cccc(-n3cnnn3)c2)C1=O. The highest BCUT2D eigenvalue weighted by atomic mass is 16.5. The van der Waals surface area contributed by atoms with Crippen molar-refractivity contribution in [2.75, 3.05) is 13.2 Å². The number of hydrogen-bond donors (Lipinski definition) is 2. The molecule has 1 saturated heterocycles. The van der Waals surface area contributed by atoms with E-state index in [1.165, 1.54) is 11.0 Å². The molecule has 166 valence electrons. The van der Waals surface area contributed by atoms with Crippen molar-refractivity contribution in [3.8, 4) is 11.4 Å². The van der Waals surface area contributed by atoms with Gasteiger partial charge in [0, 0.05) is 0 Å². The molecule has 0 bridgehead atoms. The van der Waals surface area contributed by atoms with E-state index in [0.29, 0.717) is 17.0 Å². The second-order valence-corrected chi connectivity index (χ2v) is 7.96. The number of para-hydroxylation sites is 1. The summed E-state index contributed by atoms with van der Waals surface area (Å²) in [5, 5.41) is 24.3. The van der Waals surface area contributed by atoms with Gasteiger partial charge in [0.15, 0.2) is 0 Å². The van der Waals surface area contributed by atoms with Gasteiger partial charge in [0.2, 0.25) is 0 Å². The Bertz CT molecular complexity index is 1130. The molecule has 0 unspecified atom stereocenters. The Kier molecular flexibility index (Phi) is 5.62. The van der Waals surface area contributed by atoms with Crippen LogP contribution in [0.3, 0.4) is 0 Å². The molecular weight excluding hydrogens is 412 g/mol. The fourth-order valence-electron chi connectivity index (χ4n) is 3.77. The molecule has 2 aromatic carbocycles. The van der Waals surface area contributed by atoms with Gasteiger partial charge in [-0.15, -0.1) is 5.10 Å². The number of hydrogen-bond acceptors (Lipinski definition) is 7. The fraction of sp³-hybridized carbons (Fsp3) is 0.318. The van der Waals surface area contributed by atoms with Crippen molar-refractivity contribution in [2.24, 2.45) is 0 Å². The molecular formula is C22H24N6O4. The zero-order chi connectivity index (χ0) is 22.9. The minimum absolute atomic E-state index is 0.0474. The molecule has 4 rings (SSSR count). The number of benzene rings is 2. The van der Waals surface area contributed by atoms with Gasteiger partial charge in [0.25, 0.3) is 5.91 Å². The van der Waals surface area contributed by atoms with Crippen molar-refractivity contribution in [1.29, 1.82) is 0 Å². The number of nitrogens with zero attached hydrogens (tertiary/aromatic N) is 5. The molecule has 10 nitrogen and oxygen atoms in total. The highest BCUT2D eigenvalue weighted by Crippen LogP contribution is 2.30. The van der Waals surface area contributed by atoms with E-state index in [-0.39, 0.29) is 13.2 Å². The number of β-amino-alcohol motifs (C(OH)–C–C–N with tert-alkyl or cyclic N) is 1. The van der Waals surface area contributed by atoms with Crippen LogP contribution in [0, 0.1) is 13.8 Å². The lowest BCUT2D eigenvalue weighted by molar-refractivity contribution is -0.132. The molecule has 1 aromatic heterocycles. The molecule has 32 heavy (non-hydrogen) atoms. The Morgan fingerprint density at radius 1 is 1.16 bits per heavy atom. The summed E-state index contributed by atoms with van der Waals surface area (Å²) in [4.78, 5) is 26.8. The van der Waals surface area contributed by atoms with Crippen molar-refractivity contribution in [1.82, 2.24) is 30.4 Å². The molecule has 0 radical (unpaired) electrons. The molecule has 3 aromatic rings. The number of carbonyl (C=O) groups excluding carboxylic acids is 2. The van der Waals surface area contributed by atoms with Crippen molar-refractivity contribution < 1.29 is 19.4 Å². The van der Waals surface area contributed by atoms with Crippen LogP contribution in [0.5, 0.6) is 5.75 Å². The van der Waals surface area contributed by atoms with E-state index in [1.54, 1.807) is 31.2 Å². The molecule has 2 N–H and O–H groups in total. The minimum atomic E-state index is -1.28. The molecule has 1 fully saturated rings. The molecule has 2 heterocycles. The van der Waals surface area contributed by atoms with Crippen molar-refractivity contribution in [2.45, 2.75) is 32.4 Å². The number of carbonyl (C=O) groups is 2. The van der Waals surface area contributed by atoms with Gasteiger partial charge < -0.3 is 15.2 Å². The quantitative estimate of drug-likeness (QED) is 0.538. The van der Waals surface area contributed by atoms with Crippen molar-refractivity contribution in [3.05, 3.63) is 65.5 Å². The maximum absolute atomic E-state index is 13.2. The summed E-state index contributed by atoms with van der Waals surface area (Å²) in [5.41, 5.74) is 1.84. The largest absolute Gasteiger partial charge is 0.490 e. The molecule has 2 atom stereocenters. The van der Waals surface area contributed by atoms with E-state index < -0.39 is 23.6 Å². The van der Waals surface area contributed by atoms with E-state index in [0.717, 1.165) is 16.0 Å². The monoisotopic (exact) mass is 436 g/mol. The summed E-state index contributed by atoms with van der Waals surface area (Å²) in [7, 11) is 0. The number of aliphatic hydroxyl groups is 1. The first-order chi connectivity index (χ1) is 15.3. The number of aromatic nitrogens is 4. The van der Waals surface area contributed by atoms with Gasteiger partial charge in [-0.25, -0.2) is 9.48 Å². The average Bonchev–Trinajstić information content (AvgIpc) is 3.38. The van der Waals surface area contributed by atoms with E-state index in [1.807, 2.05) is 32.0 Å². The van der Waals surface area contributed by atoms with Crippen LogP contribution in [0.1, 0.15) is 23.6 Å². The summed E-state index contributed by atoms with van der Waals surface area (Å²) in [6, 6.07) is 12.2. The number of nitrogens with one attached hydrogen (secondary N) is 1. The number of imide groups is 1. The summed E-state index contributed by atoms with van der Waals surface area (Å²) in [6.07, 6.45) is 0.397. The van der Waals surface area contributed by atoms with Gasteiger partial charge >= 0.3 is 6.03 Å². The van der Waals surface area contributed by atoms with Gasteiger partial charge in [-0.1, -0.05) is 30.3 Å². The highest BCUT2D eigenvalue weighted by Gasteiger charge is 2.49. The van der Waals surface area contributed by atoms with Gasteiger partial charge in [0.05, 0.1) is 12.2 Å². The maximum atomic E-state index is 13.2. The van der Waals surface area contributed by atoms with Gasteiger partial charge in [0.1, 0.15) is 30.3 Å². The minimum Gasteiger partial charge on any atom is -0.490 e. The predicted molar refractivity (Wildman–Crippen MR) is 114 cm³/mol. The summed E-state index contributed by atoms with van der Waals surface area (Å²) < 4.78 is 7.22. The number of ether oxygens (including phenoxy) is 1. The molecule has 1 aliphatic heterocycles. The number of rotatable bonds is 7. The molecule has 10 heteroatoms. The van der Waals surface area contributed by atoms with Crippen LogP contribution < -0.4 is 10.1 Å². The Morgan fingerprint density at radius 2 is 1.88 bits per heavy atom. The zero-order valence-corrected chi connectivity index (χ0v) is 18.0. The second kappa shape index (κ2) is 8.39. The van der Waals surface area contributed by atoms with E-state index in [4.69, 9.17) is 4.74 Å². The van der Waals surface area contributed by atoms with Crippen LogP contribution in [0.2, 0.25) is 0 Å². The van der Waals surface area contributed by atoms with E-state index in [2.05, 4.69) is 20.8 Å². The number of aliphatic hydroxyl groups excluding tert-OH is 1. The maximum Gasteiger partial charge on any atom is 0.325 e. The molecule has 0 aliphatic carbocycles. The average molecular weight is 436 g/mol. The lowest BCUT2D eigenvalue weighted by Crippen LogP contribution is -2.42. The molecule has 0 saturated carbocycles. The lowest BCUT2D eigenvalue weighted by atomic mass is 9.91. The van der Waals surface area contributed by atoms with Gasteiger partial charge in [-0.3, -0.25) is 9.69 Å². The first-order valence-corrected chi connectivity index (χ1v) is 10.1. The third-order valence-electron chi connectivity index (χ3n) is 5.53. The summed E-state index contributed by atoms with van der Waals surface area (Å²) >= 11 is 0. The van der Waals surface area contributed by atoms with E-state index >= 15 is 0 Å². The fourth-order valence-corrected chi connectivity index (χ4v) is 3.77. The van der Waals surface area contributed by atoms with Crippen LogP contribution in [-0.2, 0) is 10.3 Å². The first kappa shape index (κ1) is 21.4. The van der Waals surface area contributed by atoms with Gasteiger partial charge in [-0.2, -0.15) is 0 Å². The Morgan fingerprint density at radius 3 is 2.56 bits per heavy atom. The number of aryl methyl sites for hydroxylation is 2. The Labute approximate surface area is 184 Å². The van der Waals surface area contributed by atoms with Crippen LogP contribution >= 0.6 is 0 Å². The molecule has 1 aliphatic rings. The number of amides is 3. The number of urea groups is 1. The predicted octanol–water partition coefficient (Wildman–Crippen LogP) is 1.49. The standard InChI is InChI=1S/C22H24N6O4/c1-14-6-4-7-15(2)19(14)32-12-18(29)11-27-20(30)22(3,24-21(27)31)16-8-5-9-17(10-16)28-13-23-25-26-28/h4-10,13,18,29H,11-12H2,1-3H3,(H,24,31)/t18-,22-/m0/s1. The Balaban J connectivity index is 1.47. The van der Waals surface area contributed by atoms with Crippen LogP contribution in [0.25, 0.3) is 5.69 Å². The van der Waals surface area contributed by atoms with Crippen molar-refractivity contribution >= 4 is 11.9 Å². The summed E-state index contributed by atoms with van der Waals surface area (Å²) in [5.74, 6) is 0.232. The van der Waals surface area contributed by atoms with Gasteiger partial charge in [-0.05, 0) is 60.0 Å². The zero-order valence-electron chi connectivity index (χ0n) is 18.0. The second-order valence-electron chi connectivity index (χ2n) is 7.96. The Hall–Kier alpha value is -3.79. The number of tetrazole rings is 1. The highest BCUT2D eigenvalue weighted by molar-refractivity contribution is 6.07. The van der Waals surface area contributed by atoms with E-state index in [9.17, 15) is 14.7 Å². The van der Waals surface area contributed by atoms with Crippen molar-refractivity contribution in [3.63, 3.8) is 0 Å². The van der Waals surface area contributed by atoms with Crippen LogP contribution in [0.4, 0.5) is 4.79 Å². The summed E-state index contributed by atoms with van der Waals surface area (Å²) in [6.45, 7) is 5.24.